The SMILES string of the molecule is COc1cccc(OP(N=P(NP(Oc2cccc(OC)c2)Oc2cccc(OC)c2)(Oc2cccc(OC)c2)Oc2cccc(OC)c2)Oc2cccc(OC)c2)c1. The fourth-order valence-corrected chi connectivity index (χ4v) is 10.5. The van der Waals surface area contributed by atoms with Crippen LogP contribution in [0.15, 0.2) is 150 Å². The van der Waals surface area contributed by atoms with Crippen molar-refractivity contribution in [3.63, 3.8) is 0 Å². The number of rotatable bonds is 21. The summed E-state index contributed by atoms with van der Waals surface area (Å²) in [5.41, 5.74) is 0. The van der Waals surface area contributed by atoms with Crippen LogP contribution < -0.4 is 60.4 Å². The van der Waals surface area contributed by atoms with E-state index in [4.69, 9.17) is 60.1 Å². The molecule has 0 aromatic heterocycles. The number of nitrogens with one attached hydrogen (secondary N) is 1. The topological polar surface area (TPSA) is 135 Å². The Morgan fingerprint density at radius 3 is 0.915 bits per heavy atom. The van der Waals surface area contributed by atoms with E-state index in [0.717, 1.165) is 0 Å². The lowest BCUT2D eigenvalue weighted by atomic mass is 10.3. The van der Waals surface area contributed by atoms with Crippen LogP contribution in [-0.4, -0.2) is 42.7 Å². The second-order valence-electron chi connectivity index (χ2n) is 11.8. The third-order valence-corrected chi connectivity index (χ3v) is 13.4. The summed E-state index contributed by atoms with van der Waals surface area (Å²) in [6.07, 6.45) is 0. The Hall–Kier alpha value is -6.03. The van der Waals surface area contributed by atoms with Gasteiger partial charge in [-0.1, -0.05) is 36.4 Å². The van der Waals surface area contributed by atoms with E-state index in [-0.39, 0.29) is 0 Å². The average Bonchev–Trinajstić information content (AvgIpc) is 3.26. The summed E-state index contributed by atoms with van der Waals surface area (Å²) < 4.78 is 78.5. The Balaban J connectivity index is 1.58. The second-order valence-corrected chi connectivity index (χ2v) is 16.5. The molecule has 0 unspecified atom stereocenters. The van der Waals surface area contributed by atoms with Gasteiger partial charge in [-0.25, -0.2) is 0 Å². The molecule has 0 aliphatic carbocycles. The summed E-state index contributed by atoms with van der Waals surface area (Å²) in [6.45, 7) is 0. The van der Waals surface area contributed by atoms with Crippen LogP contribution in [0.4, 0.5) is 0 Å². The van der Waals surface area contributed by atoms with Gasteiger partial charge in [-0.05, 0) is 72.8 Å². The molecule has 0 radical (unpaired) electrons. The van der Waals surface area contributed by atoms with Crippen LogP contribution >= 0.6 is 24.7 Å². The molecule has 6 rings (SSSR count). The molecule has 0 fully saturated rings. The van der Waals surface area contributed by atoms with Gasteiger partial charge in [0.05, 0.1) is 42.7 Å². The Labute approximate surface area is 345 Å². The van der Waals surface area contributed by atoms with Gasteiger partial charge in [-0.3, -0.25) is 0 Å². The van der Waals surface area contributed by atoms with Crippen molar-refractivity contribution >= 4 is 24.7 Å². The number of nitrogens with zero attached hydrogens (tertiary/aromatic N) is 1. The van der Waals surface area contributed by atoms with Gasteiger partial charge in [0.15, 0.2) is 0 Å². The predicted molar refractivity (Wildman–Crippen MR) is 228 cm³/mol. The van der Waals surface area contributed by atoms with Crippen molar-refractivity contribution in [1.82, 2.24) is 4.86 Å². The van der Waals surface area contributed by atoms with Crippen LogP contribution in [0.5, 0.6) is 69.0 Å². The molecule has 0 amide bonds. The van der Waals surface area contributed by atoms with Crippen LogP contribution in [0.25, 0.3) is 0 Å². The summed E-state index contributed by atoms with van der Waals surface area (Å²) >= 11 is 0. The van der Waals surface area contributed by atoms with Gasteiger partial charge >= 0.3 is 24.7 Å². The van der Waals surface area contributed by atoms with Crippen LogP contribution in [0.3, 0.4) is 0 Å². The number of hydrogen-bond donors (Lipinski definition) is 1. The van der Waals surface area contributed by atoms with Gasteiger partial charge in [0.1, 0.15) is 69.0 Å². The maximum atomic E-state index is 6.92. The van der Waals surface area contributed by atoms with Crippen LogP contribution in [0.1, 0.15) is 0 Å². The average molecular weight is 861 g/mol. The van der Waals surface area contributed by atoms with Crippen LogP contribution in [0, 0.1) is 0 Å². The maximum absolute atomic E-state index is 6.92. The Morgan fingerprint density at radius 1 is 0.356 bits per heavy atom. The molecule has 1 N–H and O–H groups in total. The van der Waals surface area contributed by atoms with E-state index >= 15 is 0 Å². The largest absolute Gasteiger partial charge is 0.497 e. The monoisotopic (exact) mass is 860 g/mol. The van der Waals surface area contributed by atoms with Gasteiger partial charge < -0.3 is 55.6 Å². The lowest BCUT2D eigenvalue weighted by Crippen LogP contribution is -2.19. The van der Waals surface area contributed by atoms with Gasteiger partial charge in [0.2, 0.25) is 0 Å². The summed E-state index contributed by atoms with van der Waals surface area (Å²) in [4.78, 5) is 3.42. The van der Waals surface area contributed by atoms with E-state index < -0.39 is 24.7 Å². The third kappa shape index (κ3) is 12.5. The molecule has 0 aliphatic rings. The molecule has 0 atom stereocenters. The highest BCUT2D eigenvalue weighted by Crippen LogP contribution is 2.62. The number of hydrogen-bond acceptors (Lipinski definition) is 13. The maximum Gasteiger partial charge on any atom is 0.443 e. The number of ether oxygens (including phenoxy) is 6. The van der Waals surface area contributed by atoms with E-state index in [1.54, 1.807) is 188 Å². The van der Waals surface area contributed by atoms with E-state index in [9.17, 15) is 0 Å². The first-order valence-corrected chi connectivity index (χ1v) is 21.7. The highest BCUT2D eigenvalue weighted by atomic mass is 31.3. The molecular weight excluding hydrogens is 817 g/mol. The van der Waals surface area contributed by atoms with Gasteiger partial charge in [-0.15, -0.1) is 9.37 Å². The smallest absolute Gasteiger partial charge is 0.443 e. The second kappa shape index (κ2) is 21.1. The fraction of sp³-hybridized carbons (Fsp3) is 0.143. The molecule has 0 aliphatic heterocycles. The molecule has 17 heteroatoms. The summed E-state index contributed by atoms with van der Waals surface area (Å²) in [5.74, 6) is 5.54. The van der Waals surface area contributed by atoms with E-state index in [2.05, 4.69) is 4.86 Å². The normalized spacial score (nSPS) is 10.9. The predicted octanol–water partition coefficient (Wildman–Crippen LogP) is 11.5. The van der Waals surface area contributed by atoms with Crippen LogP contribution in [-0.2, 0) is 0 Å². The summed E-state index contributed by atoms with van der Waals surface area (Å²) in [6, 6.07) is 42.3. The molecule has 59 heavy (non-hydrogen) atoms. The first-order chi connectivity index (χ1) is 28.8. The Bertz CT molecular complexity index is 2180. The molecule has 0 saturated carbocycles. The van der Waals surface area contributed by atoms with Crippen molar-refractivity contribution in [3.05, 3.63) is 146 Å². The van der Waals surface area contributed by atoms with Crippen LogP contribution in [0.2, 0.25) is 0 Å². The van der Waals surface area contributed by atoms with Crippen molar-refractivity contribution in [2.75, 3.05) is 42.7 Å². The van der Waals surface area contributed by atoms with Gasteiger partial charge in [0, 0.05) is 36.4 Å². The molecule has 0 spiro atoms. The highest BCUT2D eigenvalue weighted by molar-refractivity contribution is 7.71. The molecule has 6 aromatic rings. The summed E-state index contributed by atoms with van der Waals surface area (Å²) in [7, 11) is 0.705. The minimum Gasteiger partial charge on any atom is -0.497 e. The third-order valence-electron chi connectivity index (χ3n) is 7.85. The van der Waals surface area contributed by atoms with Crippen molar-refractivity contribution in [1.29, 1.82) is 0 Å². The lowest BCUT2D eigenvalue weighted by molar-refractivity contribution is 0.406. The minimum absolute atomic E-state index is 0.326. The quantitative estimate of drug-likeness (QED) is 0.0688. The van der Waals surface area contributed by atoms with Crippen molar-refractivity contribution in [2.24, 2.45) is 4.52 Å². The van der Waals surface area contributed by atoms with E-state index in [0.29, 0.717) is 69.0 Å². The molecule has 6 aromatic carbocycles. The van der Waals surface area contributed by atoms with Crippen molar-refractivity contribution < 1.29 is 55.6 Å². The molecule has 0 saturated heterocycles. The molecule has 308 valence electrons. The first-order valence-electron chi connectivity index (χ1n) is 17.8. The van der Waals surface area contributed by atoms with Gasteiger partial charge in [-0.2, -0.15) is 0 Å². The highest BCUT2D eigenvalue weighted by Gasteiger charge is 2.38. The number of benzene rings is 6. The first kappa shape index (κ1) is 42.6. The molecule has 0 heterocycles. The number of methoxy groups -OCH3 is 6. The molecule has 14 nitrogen and oxygen atoms in total. The molecular formula is C42H43N2O12P3. The Morgan fingerprint density at radius 2 is 0.610 bits per heavy atom. The summed E-state index contributed by atoms with van der Waals surface area (Å²) in [5, 5.41) is 0. The minimum atomic E-state index is -4.04. The van der Waals surface area contributed by atoms with E-state index in [1.165, 1.54) is 0 Å². The standard InChI is InChI=1S/C42H43N2O12P3/c1-45-31-13-7-19-37(25-31)51-57(52-38-20-8-14-32(26-38)46-2)43-59(55-41-23-11-17-35(29-41)49-5,56-42-24-12-18-36(30-42)50-6)44-58(53-39-21-9-15-33(27-39)47-3)54-40-22-10-16-34(28-40)48-4/h7-30,43H,1-6H3. The molecule has 0 bridgehead atoms. The lowest BCUT2D eigenvalue weighted by Gasteiger charge is -2.30. The Kier molecular flexibility index (Phi) is 15.2. The van der Waals surface area contributed by atoms with Crippen molar-refractivity contribution in [2.45, 2.75) is 0 Å². The zero-order chi connectivity index (χ0) is 41.5. The van der Waals surface area contributed by atoms with Gasteiger partial charge in [0.25, 0.3) is 0 Å². The fourth-order valence-electron chi connectivity index (χ4n) is 5.04. The zero-order valence-electron chi connectivity index (χ0n) is 33.0. The van der Waals surface area contributed by atoms with Crippen molar-refractivity contribution in [3.8, 4) is 69.0 Å². The zero-order valence-corrected chi connectivity index (χ0v) is 35.7. The van der Waals surface area contributed by atoms with E-state index in [1.807, 2.05) is 0 Å².